The molecule has 0 radical (unpaired) electrons. The van der Waals surface area contributed by atoms with Crippen molar-refractivity contribution in [3.8, 4) is 11.4 Å². The average molecular weight is 548 g/mol. The van der Waals surface area contributed by atoms with Crippen molar-refractivity contribution in [1.29, 1.82) is 0 Å². The number of aromatic nitrogens is 4. The molecule has 2 amide bonds. The van der Waals surface area contributed by atoms with E-state index in [9.17, 15) is 39.9 Å². The van der Waals surface area contributed by atoms with Crippen LogP contribution in [0.2, 0.25) is 0 Å². The van der Waals surface area contributed by atoms with Gasteiger partial charge in [-0.25, -0.2) is 23.5 Å². The predicted molar refractivity (Wildman–Crippen MR) is 111 cm³/mol. The van der Waals surface area contributed by atoms with Crippen LogP contribution < -0.4 is 5.32 Å². The van der Waals surface area contributed by atoms with Gasteiger partial charge in [0.25, 0.3) is 0 Å². The van der Waals surface area contributed by atoms with E-state index in [0.29, 0.717) is 18.5 Å². The number of anilines is 1. The second kappa shape index (κ2) is 8.59. The van der Waals surface area contributed by atoms with Crippen molar-refractivity contribution < 1.29 is 44.3 Å². The van der Waals surface area contributed by atoms with Gasteiger partial charge in [-0.1, -0.05) is 0 Å². The van der Waals surface area contributed by atoms with Crippen molar-refractivity contribution in [3.05, 3.63) is 53.5 Å². The Kier molecular flexibility index (Phi) is 5.83. The molecule has 2 fully saturated rings. The Balaban J connectivity index is 1.51. The molecular weight excluding hydrogens is 532 g/mol. The maximum absolute atomic E-state index is 14.8. The van der Waals surface area contributed by atoms with E-state index in [-0.39, 0.29) is 24.3 Å². The van der Waals surface area contributed by atoms with Crippen molar-refractivity contribution >= 4 is 11.7 Å². The summed E-state index contributed by atoms with van der Waals surface area (Å²) in [5.74, 6) is -4.96. The van der Waals surface area contributed by atoms with E-state index in [0.717, 1.165) is 4.90 Å². The summed E-state index contributed by atoms with van der Waals surface area (Å²) in [5, 5.41) is 9.57. The summed E-state index contributed by atoms with van der Waals surface area (Å²) in [6.45, 7) is 1.41. The number of urea groups is 1. The number of amides is 2. The van der Waals surface area contributed by atoms with Crippen molar-refractivity contribution in [2.75, 3.05) is 5.32 Å². The van der Waals surface area contributed by atoms with Crippen LogP contribution in [0.4, 0.5) is 45.6 Å². The Hall–Kier alpha value is -3.85. The molecule has 1 saturated carbocycles. The number of carbonyl (C=O) groups is 1. The summed E-state index contributed by atoms with van der Waals surface area (Å²) in [6.07, 6.45) is -9.36. The number of piperidine rings is 1. The van der Waals surface area contributed by atoms with Crippen LogP contribution in [0, 0.1) is 24.5 Å². The molecule has 2 aromatic heterocycles. The first-order chi connectivity index (χ1) is 17.7. The third-order valence-electron chi connectivity index (χ3n) is 6.66. The zero-order valence-electron chi connectivity index (χ0n) is 19.2. The molecular formula is C22H16F8N6O2. The number of alkyl halides is 6. The highest BCUT2D eigenvalue weighted by molar-refractivity contribution is 5.92. The van der Waals surface area contributed by atoms with Crippen molar-refractivity contribution in [3.63, 3.8) is 0 Å². The van der Waals surface area contributed by atoms with Gasteiger partial charge in [0, 0.05) is 24.9 Å². The second-order valence-electron chi connectivity index (χ2n) is 9.09. The lowest BCUT2D eigenvalue weighted by atomic mass is 9.63. The number of nitrogens with one attached hydrogen (secondary N) is 1. The van der Waals surface area contributed by atoms with Gasteiger partial charge in [-0.2, -0.15) is 26.3 Å². The number of benzene rings is 1. The first-order valence-corrected chi connectivity index (χ1v) is 11.1. The summed E-state index contributed by atoms with van der Waals surface area (Å²) >= 11 is 0. The molecule has 1 aliphatic carbocycles. The van der Waals surface area contributed by atoms with Gasteiger partial charge < -0.3 is 14.6 Å². The molecule has 3 aromatic rings. The topological polar surface area (TPSA) is 97.0 Å². The number of fused-ring (bicyclic) bond motifs is 2. The number of nitrogens with zero attached hydrogens (tertiary/aromatic N) is 5. The molecule has 0 unspecified atom stereocenters. The Morgan fingerprint density at radius 3 is 2.34 bits per heavy atom. The first kappa shape index (κ1) is 25.8. The SMILES string of the molecule is Cc1nnc([C@]23C[C@H](C[C@@H](C(F)(F)F)C2)N3C(=O)Nc2cc(-c3ncc(F)cn3)c(C(F)(F)F)cc2F)o1. The van der Waals surface area contributed by atoms with E-state index in [2.05, 4.69) is 25.5 Å². The van der Waals surface area contributed by atoms with Gasteiger partial charge in [-0.3, -0.25) is 0 Å². The van der Waals surface area contributed by atoms with Crippen molar-refractivity contribution in [2.45, 2.75) is 50.1 Å². The second-order valence-corrected chi connectivity index (χ2v) is 9.09. The Morgan fingerprint density at radius 2 is 1.76 bits per heavy atom. The minimum absolute atomic E-state index is 0.0463. The highest BCUT2D eigenvalue weighted by Gasteiger charge is 2.66. The third kappa shape index (κ3) is 4.30. The molecule has 5 rings (SSSR count). The number of halogens is 8. The molecule has 1 saturated heterocycles. The number of aryl methyl sites for hydroxylation is 1. The maximum atomic E-state index is 14.8. The van der Waals surface area contributed by atoms with Crippen LogP contribution in [0.15, 0.2) is 28.9 Å². The highest BCUT2D eigenvalue weighted by atomic mass is 19.4. The van der Waals surface area contributed by atoms with Crippen LogP contribution in [0.25, 0.3) is 11.4 Å². The fraction of sp³-hybridized carbons (Fsp3) is 0.409. The number of rotatable bonds is 3. The lowest BCUT2D eigenvalue weighted by Crippen LogP contribution is -2.71. The summed E-state index contributed by atoms with van der Waals surface area (Å²) in [5.41, 5.74) is -4.59. The van der Waals surface area contributed by atoms with Crippen LogP contribution in [0.1, 0.15) is 36.6 Å². The Morgan fingerprint density at radius 1 is 1.08 bits per heavy atom. The van der Waals surface area contributed by atoms with Crippen molar-refractivity contribution in [2.24, 2.45) is 5.92 Å². The number of hydrogen-bond acceptors (Lipinski definition) is 6. The molecule has 3 atom stereocenters. The van der Waals surface area contributed by atoms with Crippen molar-refractivity contribution in [1.82, 2.24) is 25.1 Å². The summed E-state index contributed by atoms with van der Waals surface area (Å²) in [6, 6.07) is -1.27. The standard InChI is InChI=1S/C22H16F8N6O2/c1-9-34-35-18(38-9)20-5-10(21(25,26)27)2-12(6-20)36(20)19(37)33-16-3-13(17-31-7-11(23)8-32-17)14(4-15(16)24)22(28,29)30/h3-4,7-8,10,12H,2,5-6H2,1H3,(H,33,37)/t10-,12+,20-/m1/s1. The van der Waals surface area contributed by atoms with E-state index >= 15 is 0 Å². The minimum atomic E-state index is -5.06. The summed E-state index contributed by atoms with van der Waals surface area (Å²) < 4.78 is 115. The average Bonchev–Trinajstić information content (AvgIpc) is 3.26. The first-order valence-electron chi connectivity index (χ1n) is 11.1. The molecule has 8 nitrogen and oxygen atoms in total. The molecule has 1 aliphatic heterocycles. The summed E-state index contributed by atoms with van der Waals surface area (Å²) in [7, 11) is 0. The minimum Gasteiger partial charge on any atom is -0.423 e. The number of carbonyl (C=O) groups excluding carboxylic acids is 1. The van der Waals surface area contributed by atoms with Gasteiger partial charge in [0.15, 0.2) is 11.6 Å². The zero-order chi connectivity index (χ0) is 27.6. The molecule has 1 N–H and O–H groups in total. The molecule has 3 heterocycles. The molecule has 1 aromatic carbocycles. The monoisotopic (exact) mass is 548 g/mol. The molecule has 2 bridgehead atoms. The molecule has 38 heavy (non-hydrogen) atoms. The predicted octanol–water partition coefficient (Wildman–Crippen LogP) is 5.61. The maximum Gasteiger partial charge on any atom is 0.417 e. The van der Waals surface area contributed by atoms with E-state index in [1.54, 1.807) is 0 Å². The van der Waals surface area contributed by atoms with Gasteiger partial charge in [0.1, 0.15) is 11.4 Å². The van der Waals surface area contributed by atoms with Crippen LogP contribution in [0.5, 0.6) is 0 Å². The van der Waals surface area contributed by atoms with Crippen LogP contribution in [0.3, 0.4) is 0 Å². The zero-order valence-corrected chi connectivity index (χ0v) is 19.2. The normalized spacial score (nSPS) is 23.2. The van der Waals surface area contributed by atoms with E-state index in [1.807, 2.05) is 0 Å². The Labute approximate surface area is 208 Å². The van der Waals surface area contributed by atoms with Gasteiger partial charge >= 0.3 is 18.4 Å². The van der Waals surface area contributed by atoms with Gasteiger partial charge in [-0.05, 0) is 25.0 Å². The van der Waals surface area contributed by atoms with E-state index < -0.39 is 83.0 Å². The fourth-order valence-corrected chi connectivity index (χ4v) is 5.09. The third-order valence-corrected chi connectivity index (χ3v) is 6.66. The quantitative estimate of drug-likeness (QED) is 0.428. The molecule has 0 spiro atoms. The number of likely N-dealkylation sites (tertiary alicyclic amines) is 1. The number of hydrogen-bond donors (Lipinski definition) is 1. The summed E-state index contributed by atoms with van der Waals surface area (Å²) in [4.78, 5) is 21.3. The molecule has 16 heteroatoms. The smallest absolute Gasteiger partial charge is 0.417 e. The molecule has 202 valence electrons. The van der Waals surface area contributed by atoms with E-state index in [4.69, 9.17) is 4.42 Å². The van der Waals surface area contributed by atoms with Crippen LogP contribution in [-0.2, 0) is 11.7 Å². The van der Waals surface area contributed by atoms with Gasteiger partial charge in [-0.15, -0.1) is 10.2 Å². The largest absolute Gasteiger partial charge is 0.423 e. The highest BCUT2D eigenvalue weighted by Crippen LogP contribution is 2.58. The van der Waals surface area contributed by atoms with Gasteiger partial charge in [0.05, 0.1) is 29.6 Å². The van der Waals surface area contributed by atoms with Gasteiger partial charge in [0.2, 0.25) is 11.8 Å². The lowest BCUT2D eigenvalue weighted by molar-refractivity contribution is -0.229. The fourth-order valence-electron chi connectivity index (χ4n) is 5.09. The molecule has 2 aliphatic rings. The lowest BCUT2D eigenvalue weighted by Gasteiger charge is -2.61. The van der Waals surface area contributed by atoms with E-state index in [1.165, 1.54) is 6.92 Å². The van der Waals surface area contributed by atoms with Crippen LogP contribution in [-0.4, -0.2) is 43.3 Å². The Bertz CT molecular complexity index is 1390. The van der Waals surface area contributed by atoms with Crippen LogP contribution >= 0.6 is 0 Å².